The highest BCUT2D eigenvalue weighted by atomic mass is 32.2. The number of aromatic hydroxyl groups is 1. The molecule has 0 saturated carbocycles. The van der Waals surface area contributed by atoms with E-state index in [0.717, 1.165) is 6.07 Å². The monoisotopic (exact) mass is 392 g/mol. The third kappa shape index (κ3) is 3.24. The van der Waals surface area contributed by atoms with Crippen LogP contribution in [-0.4, -0.2) is 29.0 Å². The molecular weight excluding hydrogens is 376 g/mol. The Balaban J connectivity index is 2.26. The van der Waals surface area contributed by atoms with Gasteiger partial charge in [-0.1, -0.05) is 30.3 Å². The summed E-state index contributed by atoms with van der Waals surface area (Å²) in [5.41, 5.74) is 0.368. The normalized spacial score (nSPS) is 12.2. The van der Waals surface area contributed by atoms with Gasteiger partial charge in [0, 0.05) is 16.5 Å². The van der Waals surface area contributed by atoms with Crippen LogP contribution in [0.2, 0.25) is 0 Å². The van der Waals surface area contributed by atoms with Gasteiger partial charge in [-0.2, -0.15) is 0 Å². The molecule has 136 valence electrons. The van der Waals surface area contributed by atoms with Crippen LogP contribution in [0.25, 0.3) is 10.8 Å². The molecule has 0 fully saturated rings. The van der Waals surface area contributed by atoms with Gasteiger partial charge in [0.15, 0.2) is 0 Å². The molecule has 0 aromatic heterocycles. The van der Waals surface area contributed by atoms with Crippen molar-refractivity contribution >= 4 is 36.5 Å². The van der Waals surface area contributed by atoms with Crippen LogP contribution < -0.4 is 9.44 Å². The zero-order valence-corrected chi connectivity index (χ0v) is 15.3. The highest BCUT2D eigenvalue weighted by molar-refractivity contribution is 7.93. The van der Waals surface area contributed by atoms with Gasteiger partial charge in [-0.05, 0) is 37.4 Å². The quantitative estimate of drug-likeness (QED) is 0.616. The van der Waals surface area contributed by atoms with Gasteiger partial charge in [-0.25, -0.2) is 21.6 Å². The Morgan fingerprint density at radius 1 is 0.769 bits per heavy atom. The molecule has 3 N–H and O–H groups in total. The fourth-order valence-corrected chi connectivity index (χ4v) is 4.84. The van der Waals surface area contributed by atoms with Crippen LogP contribution in [0.15, 0.2) is 70.5 Å². The first-order chi connectivity index (χ1) is 12.3. The predicted molar refractivity (Wildman–Crippen MR) is 99.1 cm³/mol. The molecule has 3 aromatic rings. The average molecular weight is 392 g/mol. The van der Waals surface area contributed by atoms with Crippen LogP contribution in [0, 0.1) is 0 Å². The number of hydrogen-bond donors (Lipinski definition) is 3. The SMILES string of the molecule is CNS(=O)(=O)c1cccc2c(S(=O)(=O)Nc3ccccc3)ccc(O)c12. The minimum absolute atomic E-state index is 0.0576. The molecule has 0 saturated heterocycles. The lowest BCUT2D eigenvalue weighted by Crippen LogP contribution is -2.19. The van der Waals surface area contributed by atoms with Crippen molar-refractivity contribution in [3.05, 3.63) is 60.7 Å². The number of phenolic OH excluding ortho intramolecular Hbond substituents is 1. The lowest BCUT2D eigenvalue weighted by Gasteiger charge is -2.14. The third-order valence-electron chi connectivity index (χ3n) is 3.81. The number of para-hydroxylation sites is 1. The van der Waals surface area contributed by atoms with Crippen LogP contribution in [0.5, 0.6) is 5.75 Å². The zero-order chi connectivity index (χ0) is 18.9. The third-order valence-corrected chi connectivity index (χ3v) is 6.71. The van der Waals surface area contributed by atoms with E-state index in [-0.39, 0.29) is 26.3 Å². The number of hydrogen-bond acceptors (Lipinski definition) is 5. The predicted octanol–water partition coefficient (Wildman–Crippen LogP) is 2.25. The Morgan fingerprint density at radius 2 is 1.46 bits per heavy atom. The van der Waals surface area contributed by atoms with Gasteiger partial charge in [-0.15, -0.1) is 0 Å². The smallest absolute Gasteiger partial charge is 0.262 e. The van der Waals surface area contributed by atoms with Crippen molar-refractivity contribution < 1.29 is 21.9 Å². The number of anilines is 1. The van der Waals surface area contributed by atoms with Crippen molar-refractivity contribution in [3.63, 3.8) is 0 Å². The molecule has 7 nitrogen and oxygen atoms in total. The molecule has 0 spiro atoms. The summed E-state index contributed by atoms with van der Waals surface area (Å²) >= 11 is 0. The molecule has 0 amide bonds. The number of fused-ring (bicyclic) bond motifs is 1. The Kier molecular flexibility index (Phi) is 4.61. The molecule has 0 bridgehead atoms. The summed E-state index contributed by atoms with van der Waals surface area (Å²) in [7, 11) is -6.66. The van der Waals surface area contributed by atoms with E-state index in [0.29, 0.717) is 5.69 Å². The summed E-state index contributed by atoms with van der Waals surface area (Å²) in [6.45, 7) is 0. The molecule has 0 aliphatic heterocycles. The average Bonchev–Trinajstić information content (AvgIpc) is 2.62. The molecular formula is C17H16N2O5S2. The van der Waals surface area contributed by atoms with E-state index in [9.17, 15) is 21.9 Å². The molecule has 0 unspecified atom stereocenters. The van der Waals surface area contributed by atoms with Crippen molar-refractivity contribution in [2.24, 2.45) is 0 Å². The van der Waals surface area contributed by atoms with E-state index < -0.39 is 20.0 Å². The van der Waals surface area contributed by atoms with Crippen LogP contribution in [0.3, 0.4) is 0 Å². The Hall–Kier alpha value is -2.62. The van der Waals surface area contributed by atoms with E-state index in [1.54, 1.807) is 30.3 Å². The number of rotatable bonds is 5. The molecule has 0 atom stereocenters. The van der Waals surface area contributed by atoms with Gasteiger partial charge in [0.05, 0.1) is 9.79 Å². The number of benzene rings is 3. The van der Waals surface area contributed by atoms with Crippen molar-refractivity contribution in [1.82, 2.24) is 4.72 Å². The van der Waals surface area contributed by atoms with Crippen LogP contribution >= 0.6 is 0 Å². The molecule has 0 aliphatic carbocycles. The first-order valence-corrected chi connectivity index (χ1v) is 10.5. The number of sulfonamides is 2. The molecule has 3 rings (SSSR count). The van der Waals surface area contributed by atoms with Gasteiger partial charge in [0.25, 0.3) is 10.0 Å². The first-order valence-electron chi connectivity index (χ1n) is 7.52. The minimum Gasteiger partial charge on any atom is -0.507 e. The fraction of sp³-hybridized carbons (Fsp3) is 0.0588. The fourth-order valence-electron chi connectivity index (χ4n) is 2.61. The molecule has 0 radical (unpaired) electrons. The maximum atomic E-state index is 12.8. The van der Waals surface area contributed by atoms with E-state index >= 15 is 0 Å². The van der Waals surface area contributed by atoms with Crippen molar-refractivity contribution in [3.8, 4) is 5.75 Å². The lowest BCUT2D eigenvalue weighted by molar-refractivity contribution is 0.480. The summed E-state index contributed by atoms with van der Waals surface area (Å²) in [4.78, 5) is -0.339. The summed E-state index contributed by atoms with van der Waals surface area (Å²) in [6, 6.07) is 14.9. The second-order valence-electron chi connectivity index (χ2n) is 5.44. The molecule has 0 aliphatic rings. The summed E-state index contributed by atoms with van der Waals surface area (Å²) in [5.74, 6) is -0.326. The maximum absolute atomic E-state index is 12.8. The minimum atomic E-state index is -4.00. The largest absolute Gasteiger partial charge is 0.507 e. The van der Waals surface area contributed by atoms with Gasteiger partial charge < -0.3 is 5.11 Å². The maximum Gasteiger partial charge on any atom is 0.262 e. The van der Waals surface area contributed by atoms with Crippen LogP contribution in [-0.2, 0) is 20.0 Å². The van der Waals surface area contributed by atoms with Crippen molar-refractivity contribution in [2.45, 2.75) is 9.79 Å². The summed E-state index contributed by atoms with van der Waals surface area (Å²) in [6.07, 6.45) is 0. The van der Waals surface area contributed by atoms with Crippen LogP contribution in [0.1, 0.15) is 0 Å². The summed E-state index contributed by atoms with van der Waals surface area (Å²) < 4.78 is 54.7. The first kappa shape index (κ1) is 18.2. The van der Waals surface area contributed by atoms with E-state index in [2.05, 4.69) is 9.44 Å². The van der Waals surface area contributed by atoms with Crippen LogP contribution in [0.4, 0.5) is 5.69 Å². The molecule has 3 aromatic carbocycles. The second kappa shape index (κ2) is 6.60. The Bertz CT molecular complexity index is 1170. The van der Waals surface area contributed by atoms with Gasteiger partial charge in [0.1, 0.15) is 5.75 Å². The molecule has 9 heteroatoms. The van der Waals surface area contributed by atoms with Gasteiger partial charge in [0.2, 0.25) is 10.0 Å². The Morgan fingerprint density at radius 3 is 2.12 bits per heavy atom. The second-order valence-corrected chi connectivity index (χ2v) is 8.95. The molecule has 26 heavy (non-hydrogen) atoms. The Labute approximate surface area is 151 Å². The standard InChI is InChI=1S/C17H16N2O5S2/c1-18-25(21,22)16-9-5-8-13-15(11-10-14(20)17(13)16)26(23,24)19-12-6-3-2-4-7-12/h2-11,18-20H,1H3. The highest BCUT2D eigenvalue weighted by Crippen LogP contribution is 2.35. The topological polar surface area (TPSA) is 113 Å². The molecule has 0 heterocycles. The van der Waals surface area contributed by atoms with Gasteiger partial charge >= 0.3 is 0 Å². The number of nitrogens with one attached hydrogen (secondary N) is 2. The van der Waals surface area contributed by atoms with Crippen molar-refractivity contribution in [1.29, 1.82) is 0 Å². The van der Waals surface area contributed by atoms with Gasteiger partial charge in [-0.3, -0.25) is 4.72 Å². The van der Waals surface area contributed by atoms with Crippen molar-refractivity contribution in [2.75, 3.05) is 11.8 Å². The van der Waals surface area contributed by atoms with E-state index in [1.165, 1.54) is 31.3 Å². The van der Waals surface area contributed by atoms with E-state index in [4.69, 9.17) is 0 Å². The van der Waals surface area contributed by atoms with E-state index in [1.807, 2.05) is 0 Å². The summed E-state index contributed by atoms with van der Waals surface area (Å²) in [5, 5.41) is 10.2. The number of phenols is 1. The zero-order valence-electron chi connectivity index (χ0n) is 13.7. The highest BCUT2D eigenvalue weighted by Gasteiger charge is 2.24. The lowest BCUT2D eigenvalue weighted by atomic mass is 10.1.